The van der Waals surface area contributed by atoms with E-state index in [0.29, 0.717) is 13.0 Å². The summed E-state index contributed by atoms with van der Waals surface area (Å²) in [6.45, 7) is 3.92. The van der Waals surface area contributed by atoms with Gasteiger partial charge in [-0.3, -0.25) is 9.35 Å². The Labute approximate surface area is 340 Å². The molecule has 6 atom stereocenters. The third-order valence-electron chi connectivity index (χ3n) is 10.1. The molecule has 0 amide bonds. The molecule has 1 aliphatic rings. The van der Waals surface area contributed by atoms with Gasteiger partial charge in [-0.1, -0.05) is 154 Å². The molecule has 6 unspecified atom stereocenters. The standard InChI is InChI=1S/C43H80O12S/c1-3-5-7-9-11-12-13-14-15-16-17-18-19-20-21-22-23-24-25-26-27-28-30-32-39(45)53-37(35-51-33-31-29-10-8-6-4-2)36-52-43-41(47)42(55-56(48,49)50)40(46)38(34-44)54-43/h13-14,16-17,37-38,40-44,46-47H,3-12,15,18-36H2,1-2H3,(H,48,49,50)/b14-13-,17-16-. The average molecular weight is 821 g/mol. The van der Waals surface area contributed by atoms with Crippen molar-refractivity contribution < 1.29 is 56.2 Å². The Bertz CT molecular complexity index is 1080. The second kappa shape index (κ2) is 35.5. The van der Waals surface area contributed by atoms with Crippen LogP contribution in [0, 0.1) is 0 Å². The molecule has 0 saturated carbocycles. The molecule has 0 spiro atoms. The molecule has 1 saturated heterocycles. The summed E-state index contributed by atoms with van der Waals surface area (Å²) in [4.78, 5) is 12.8. The van der Waals surface area contributed by atoms with E-state index in [9.17, 15) is 28.5 Å². The summed E-state index contributed by atoms with van der Waals surface area (Å²) in [6, 6.07) is 0. The summed E-state index contributed by atoms with van der Waals surface area (Å²) in [6.07, 6.45) is 29.7. The molecule has 1 heterocycles. The fraction of sp³-hybridized carbons (Fsp3) is 0.884. The zero-order chi connectivity index (χ0) is 41.1. The summed E-state index contributed by atoms with van der Waals surface area (Å²) in [5.41, 5.74) is 0. The number of carbonyl (C=O) groups is 1. The number of carbonyl (C=O) groups excluding carboxylic acids is 1. The monoisotopic (exact) mass is 821 g/mol. The van der Waals surface area contributed by atoms with Gasteiger partial charge in [-0.15, -0.1) is 0 Å². The molecule has 4 N–H and O–H groups in total. The predicted molar refractivity (Wildman–Crippen MR) is 221 cm³/mol. The van der Waals surface area contributed by atoms with Gasteiger partial charge in [-0.2, -0.15) is 8.42 Å². The lowest BCUT2D eigenvalue weighted by atomic mass is 9.99. The second-order valence-corrected chi connectivity index (χ2v) is 16.3. The van der Waals surface area contributed by atoms with Crippen LogP contribution < -0.4 is 0 Å². The summed E-state index contributed by atoms with van der Waals surface area (Å²) in [5, 5.41) is 30.5. The van der Waals surface area contributed by atoms with E-state index < -0.39 is 59.8 Å². The molecular formula is C43H80O12S. The molecule has 0 aromatic rings. The zero-order valence-electron chi connectivity index (χ0n) is 34.9. The van der Waals surface area contributed by atoms with Crippen molar-refractivity contribution in [3.05, 3.63) is 24.3 Å². The minimum absolute atomic E-state index is 0.0365. The number of esters is 1. The fourth-order valence-corrected chi connectivity index (χ4v) is 7.21. The van der Waals surface area contributed by atoms with Gasteiger partial charge in [-0.05, 0) is 44.9 Å². The van der Waals surface area contributed by atoms with Crippen molar-refractivity contribution >= 4 is 16.4 Å². The topological polar surface area (TPSA) is 178 Å². The number of aliphatic hydroxyl groups excluding tert-OH is 3. The first-order valence-electron chi connectivity index (χ1n) is 22.1. The second-order valence-electron chi connectivity index (χ2n) is 15.3. The largest absolute Gasteiger partial charge is 0.457 e. The van der Waals surface area contributed by atoms with Crippen LogP contribution in [0.25, 0.3) is 0 Å². The van der Waals surface area contributed by atoms with E-state index in [1.807, 2.05) is 0 Å². The number of allylic oxidation sites excluding steroid dienone is 4. The highest BCUT2D eigenvalue weighted by atomic mass is 32.3. The van der Waals surface area contributed by atoms with Gasteiger partial charge in [0.25, 0.3) is 0 Å². The lowest BCUT2D eigenvalue weighted by Gasteiger charge is -2.41. The van der Waals surface area contributed by atoms with E-state index in [0.717, 1.165) is 44.9 Å². The Morgan fingerprint density at radius 2 is 1.18 bits per heavy atom. The van der Waals surface area contributed by atoms with Crippen LogP contribution in [0.5, 0.6) is 0 Å². The van der Waals surface area contributed by atoms with Gasteiger partial charge in [0, 0.05) is 13.0 Å². The summed E-state index contributed by atoms with van der Waals surface area (Å²) in [7, 11) is -5.05. The Morgan fingerprint density at radius 1 is 0.679 bits per heavy atom. The van der Waals surface area contributed by atoms with Crippen LogP contribution in [-0.4, -0.2) is 97.5 Å². The van der Waals surface area contributed by atoms with E-state index in [1.165, 1.54) is 109 Å². The van der Waals surface area contributed by atoms with E-state index >= 15 is 0 Å². The van der Waals surface area contributed by atoms with Crippen molar-refractivity contribution in [2.45, 2.75) is 218 Å². The molecule has 1 fully saturated rings. The molecule has 330 valence electrons. The van der Waals surface area contributed by atoms with E-state index in [4.69, 9.17) is 23.5 Å². The molecule has 0 aliphatic carbocycles. The van der Waals surface area contributed by atoms with Crippen molar-refractivity contribution in [3.8, 4) is 0 Å². The van der Waals surface area contributed by atoms with Gasteiger partial charge in [-0.25, -0.2) is 4.18 Å². The van der Waals surface area contributed by atoms with Crippen LogP contribution in [0.2, 0.25) is 0 Å². The SMILES string of the molecule is CCCCCCC/C=C\C/C=C\CCCCCCCCCCCCCC(=O)OC(COCCCCCCCC)COC1OC(CO)C(O)C(OS(=O)(=O)O)C1O. The minimum atomic E-state index is -5.05. The molecule has 12 nitrogen and oxygen atoms in total. The van der Waals surface area contributed by atoms with Crippen LogP contribution in [0.3, 0.4) is 0 Å². The first-order valence-corrected chi connectivity index (χ1v) is 23.5. The van der Waals surface area contributed by atoms with Gasteiger partial charge in [0.2, 0.25) is 0 Å². The molecule has 0 bridgehead atoms. The van der Waals surface area contributed by atoms with Gasteiger partial charge in [0.15, 0.2) is 6.29 Å². The van der Waals surface area contributed by atoms with E-state index in [2.05, 4.69) is 42.3 Å². The Balaban J connectivity index is 2.28. The number of hydrogen-bond acceptors (Lipinski definition) is 11. The zero-order valence-corrected chi connectivity index (χ0v) is 35.8. The van der Waals surface area contributed by atoms with Crippen molar-refractivity contribution in [1.29, 1.82) is 0 Å². The Kier molecular flexibility index (Phi) is 33.4. The maximum Gasteiger partial charge on any atom is 0.397 e. The highest BCUT2D eigenvalue weighted by Crippen LogP contribution is 2.26. The molecule has 13 heteroatoms. The van der Waals surface area contributed by atoms with Crippen LogP contribution in [0.15, 0.2) is 24.3 Å². The normalized spacial score (nSPS) is 21.0. The number of rotatable bonds is 38. The predicted octanol–water partition coefficient (Wildman–Crippen LogP) is 8.85. The third-order valence-corrected chi connectivity index (χ3v) is 10.5. The summed E-state index contributed by atoms with van der Waals surface area (Å²) in [5.74, 6) is -0.404. The average Bonchev–Trinajstić information content (AvgIpc) is 3.17. The Hall–Kier alpha value is -1.42. The first kappa shape index (κ1) is 52.6. The Morgan fingerprint density at radius 3 is 1.70 bits per heavy atom. The lowest BCUT2D eigenvalue weighted by molar-refractivity contribution is -0.301. The van der Waals surface area contributed by atoms with Crippen LogP contribution >= 0.6 is 0 Å². The summed E-state index contributed by atoms with van der Waals surface area (Å²) < 4.78 is 58.7. The van der Waals surface area contributed by atoms with Gasteiger partial charge < -0.3 is 34.3 Å². The van der Waals surface area contributed by atoms with Crippen LogP contribution in [0.4, 0.5) is 0 Å². The number of ether oxygens (including phenoxy) is 4. The van der Waals surface area contributed by atoms with E-state index in [1.54, 1.807) is 0 Å². The molecule has 1 rings (SSSR count). The highest BCUT2D eigenvalue weighted by Gasteiger charge is 2.48. The molecule has 56 heavy (non-hydrogen) atoms. The maximum atomic E-state index is 12.8. The number of unbranched alkanes of at least 4 members (excludes halogenated alkanes) is 21. The maximum absolute atomic E-state index is 12.8. The van der Waals surface area contributed by atoms with Crippen molar-refractivity contribution in [2.75, 3.05) is 26.4 Å². The van der Waals surface area contributed by atoms with Gasteiger partial charge in [0.1, 0.15) is 30.5 Å². The lowest BCUT2D eigenvalue weighted by Crippen LogP contribution is -2.60. The van der Waals surface area contributed by atoms with Crippen LogP contribution in [0.1, 0.15) is 181 Å². The molecule has 1 aliphatic heterocycles. The summed E-state index contributed by atoms with van der Waals surface area (Å²) >= 11 is 0. The van der Waals surface area contributed by atoms with Crippen molar-refractivity contribution in [1.82, 2.24) is 0 Å². The van der Waals surface area contributed by atoms with Gasteiger partial charge >= 0.3 is 16.4 Å². The third kappa shape index (κ3) is 28.9. The molecule has 0 aromatic heterocycles. The number of hydrogen-bond donors (Lipinski definition) is 4. The highest BCUT2D eigenvalue weighted by molar-refractivity contribution is 7.80. The molecular weight excluding hydrogens is 741 g/mol. The fourth-order valence-electron chi connectivity index (χ4n) is 6.70. The number of aliphatic hydroxyl groups is 3. The minimum Gasteiger partial charge on any atom is -0.457 e. The van der Waals surface area contributed by atoms with Gasteiger partial charge in [0.05, 0.1) is 19.8 Å². The van der Waals surface area contributed by atoms with Crippen molar-refractivity contribution in [2.24, 2.45) is 0 Å². The smallest absolute Gasteiger partial charge is 0.397 e. The van der Waals surface area contributed by atoms with E-state index in [-0.39, 0.29) is 19.6 Å². The molecule has 0 aromatic carbocycles. The van der Waals surface area contributed by atoms with Crippen LogP contribution in [-0.2, 0) is 38.3 Å². The van der Waals surface area contributed by atoms with Crippen molar-refractivity contribution in [3.63, 3.8) is 0 Å². The quantitative estimate of drug-likeness (QED) is 0.0202. The molecule has 0 radical (unpaired) electrons. The first-order chi connectivity index (χ1) is 27.1.